The van der Waals surface area contributed by atoms with Gasteiger partial charge in [0.1, 0.15) is 11.5 Å². The Morgan fingerprint density at radius 2 is 1.24 bits per heavy atom. The van der Waals surface area contributed by atoms with Crippen molar-refractivity contribution in [1.82, 2.24) is 15.0 Å². The molecule has 4 nitrogen and oxygen atoms in total. The lowest BCUT2D eigenvalue weighted by atomic mass is 9.61. The van der Waals surface area contributed by atoms with Crippen LogP contribution in [0.5, 0.6) is 11.5 Å². The number of hydrogen-bond acceptors (Lipinski definition) is 4. The fraction of sp³-hybridized carbons (Fsp3) is 0.0652. The van der Waals surface area contributed by atoms with Gasteiger partial charge in [-0.05, 0) is 41.0 Å². The first-order chi connectivity index (χ1) is 24.8. The summed E-state index contributed by atoms with van der Waals surface area (Å²) in [5, 5.41) is 0. The van der Waals surface area contributed by atoms with Gasteiger partial charge in [-0.1, -0.05) is 146 Å². The van der Waals surface area contributed by atoms with Gasteiger partial charge in [-0.3, -0.25) is 4.98 Å². The maximum atomic E-state index is 6.92. The molecule has 0 fully saturated rings. The molecule has 10 rings (SSSR count). The fourth-order valence-corrected chi connectivity index (χ4v) is 8.39. The number of pyridine rings is 1. The zero-order valence-corrected chi connectivity index (χ0v) is 27.1. The van der Waals surface area contributed by atoms with Crippen molar-refractivity contribution in [2.45, 2.75) is 11.3 Å². The van der Waals surface area contributed by atoms with Crippen molar-refractivity contribution >= 4 is 0 Å². The van der Waals surface area contributed by atoms with E-state index < -0.39 is 0 Å². The summed E-state index contributed by atoms with van der Waals surface area (Å²) in [5.74, 6) is 3.01. The maximum Gasteiger partial charge on any atom is 0.160 e. The predicted octanol–water partition coefficient (Wildman–Crippen LogP) is 10.8. The van der Waals surface area contributed by atoms with Crippen LogP contribution in [0.15, 0.2) is 176 Å². The Bertz CT molecular complexity index is 2410. The SMILES string of the molecule is C1=CC2c3ccccc3C3(c4ccccc4Oc4c(-c5ccc(-c6nc(-c7ccccc7)cc(-c7ccccn7)n6)cc5)cccc43)C2C=C1. The molecule has 1 aliphatic heterocycles. The van der Waals surface area contributed by atoms with Crippen LogP contribution in [-0.2, 0) is 5.41 Å². The first-order valence-electron chi connectivity index (χ1n) is 17.1. The van der Waals surface area contributed by atoms with Crippen LogP contribution in [-0.4, -0.2) is 15.0 Å². The highest BCUT2D eigenvalue weighted by atomic mass is 16.5. The number of nitrogens with zero attached hydrogens (tertiary/aromatic N) is 3. The van der Waals surface area contributed by atoms with Crippen LogP contribution in [0.1, 0.15) is 28.2 Å². The van der Waals surface area contributed by atoms with Crippen LogP contribution in [0, 0.1) is 5.92 Å². The normalized spacial score (nSPS) is 19.3. The van der Waals surface area contributed by atoms with Gasteiger partial charge in [0.15, 0.2) is 5.82 Å². The fourth-order valence-electron chi connectivity index (χ4n) is 8.39. The standard InChI is InChI=1S/C46H31N3O/c1-2-13-31(14-3-1)41-29-42(40-22-10-11-28-47-40)49-45(48-41)32-26-24-30(25-27-32)33-17-12-21-39-44(33)50-43-23-9-8-20-38(43)46(39)36-18-6-4-15-34(36)35-16-5-7-19-37(35)46/h1-29,34,36H. The number of hydrogen-bond donors (Lipinski definition) is 0. The lowest BCUT2D eigenvalue weighted by molar-refractivity contribution is 0.375. The number of aromatic nitrogens is 3. The van der Waals surface area contributed by atoms with Crippen LogP contribution in [0.4, 0.5) is 0 Å². The minimum atomic E-state index is -0.379. The second-order valence-electron chi connectivity index (χ2n) is 13.1. The number of ether oxygens (including phenoxy) is 1. The number of rotatable bonds is 4. The molecule has 50 heavy (non-hydrogen) atoms. The summed E-state index contributed by atoms with van der Waals surface area (Å²) in [6.07, 6.45) is 11.0. The summed E-state index contributed by atoms with van der Waals surface area (Å²) in [5.41, 5.74) is 11.4. The summed E-state index contributed by atoms with van der Waals surface area (Å²) in [7, 11) is 0. The Morgan fingerprint density at radius 3 is 2.10 bits per heavy atom. The zero-order chi connectivity index (χ0) is 33.1. The minimum Gasteiger partial charge on any atom is -0.456 e. The number of para-hydroxylation sites is 2. The summed E-state index contributed by atoms with van der Waals surface area (Å²) in [4.78, 5) is 14.6. The van der Waals surface area contributed by atoms with E-state index in [1.807, 2.05) is 42.5 Å². The van der Waals surface area contributed by atoms with E-state index in [0.717, 1.165) is 50.8 Å². The average molecular weight is 642 g/mol. The van der Waals surface area contributed by atoms with Crippen molar-refractivity contribution in [2.24, 2.45) is 5.92 Å². The van der Waals surface area contributed by atoms with Gasteiger partial charge >= 0.3 is 0 Å². The van der Waals surface area contributed by atoms with Gasteiger partial charge in [0.2, 0.25) is 0 Å². The highest BCUT2D eigenvalue weighted by Crippen LogP contribution is 2.65. The van der Waals surface area contributed by atoms with Gasteiger partial charge in [0.25, 0.3) is 0 Å². The maximum absolute atomic E-state index is 6.92. The highest BCUT2D eigenvalue weighted by molar-refractivity contribution is 5.81. The van der Waals surface area contributed by atoms with E-state index in [4.69, 9.17) is 14.7 Å². The molecule has 0 N–H and O–H groups in total. The second kappa shape index (κ2) is 11.4. The first-order valence-corrected chi connectivity index (χ1v) is 17.1. The van der Waals surface area contributed by atoms with Gasteiger partial charge in [-0.25, -0.2) is 9.97 Å². The Labute approximate surface area is 291 Å². The Hall–Kier alpha value is -6.39. The van der Waals surface area contributed by atoms with E-state index in [0.29, 0.717) is 11.7 Å². The third-order valence-electron chi connectivity index (χ3n) is 10.5. The smallest absolute Gasteiger partial charge is 0.160 e. The van der Waals surface area contributed by atoms with Gasteiger partial charge in [-0.15, -0.1) is 0 Å². The van der Waals surface area contributed by atoms with Crippen molar-refractivity contribution in [3.63, 3.8) is 0 Å². The quantitative estimate of drug-likeness (QED) is 0.192. The average Bonchev–Trinajstić information content (AvgIpc) is 3.49. The third-order valence-corrected chi connectivity index (χ3v) is 10.5. The largest absolute Gasteiger partial charge is 0.456 e. The molecule has 3 atom stereocenters. The monoisotopic (exact) mass is 641 g/mol. The van der Waals surface area contributed by atoms with E-state index in [-0.39, 0.29) is 11.3 Å². The van der Waals surface area contributed by atoms with Gasteiger partial charge in [0, 0.05) is 45.8 Å². The van der Waals surface area contributed by atoms with Crippen molar-refractivity contribution in [2.75, 3.05) is 0 Å². The van der Waals surface area contributed by atoms with Gasteiger partial charge in [0.05, 0.1) is 22.5 Å². The molecular weight excluding hydrogens is 611 g/mol. The minimum absolute atomic E-state index is 0.230. The number of benzene rings is 5. The highest BCUT2D eigenvalue weighted by Gasteiger charge is 2.56. The predicted molar refractivity (Wildman–Crippen MR) is 199 cm³/mol. The van der Waals surface area contributed by atoms with E-state index in [1.54, 1.807) is 6.20 Å². The molecule has 2 aliphatic carbocycles. The molecule has 7 aromatic rings. The molecule has 0 saturated heterocycles. The molecule has 0 saturated carbocycles. The lowest BCUT2D eigenvalue weighted by Crippen LogP contribution is -2.37. The van der Waals surface area contributed by atoms with Crippen molar-refractivity contribution in [3.05, 3.63) is 198 Å². The summed E-state index contributed by atoms with van der Waals surface area (Å²) >= 11 is 0. The van der Waals surface area contributed by atoms with Gasteiger partial charge in [-0.2, -0.15) is 0 Å². The summed E-state index contributed by atoms with van der Waals surface area (Å²) < 4.78 is 6.92. The molecule has 4 heteroatoms. The second-order valence-corrected chi connectivity index (χ2v) is 13.1. The Morgan fingerprint density at radius 1 is 0.520 bits per heavy atom. The van der Waals surface area contributed by atoms with Crippen LogP contribution in [0.2, 0.25) is 0 Å². The summed E-state index contributed by atoms with van der Waals surface area (Å²) in [6, 6.07) is 50.9. The lowest BCUT2D eigenvalue weighted by Gasteiger charge is -2.43. The first kappa shape index (κ1) is 28.6. The molecule has 3 heterocycles. The van der Waals surface area contributed by atoms with Crippen molar-refractivity contribution in [3.8, 4) is 56.7 Å². The van der Waals surface area contributed by atoms with E-state index in [1.165, 1.54) is 22.3 Å². The topological polar surface area (TPSA) is 47.9 Å². The molecule has 3 aliphatic rings. The number of allylic oxidation sites excluding steroid dienone is 4. The molecule has 5 aromatic carbocycles. The van der Waals surface area contributed by atoms with E-state index >= 15 is 0 Å². The number of fused-ring (bicyclic) bond motifs is 9. The van der Waals surface area contributed by atoms with Crippen LogP contribution >= 0.6 is 0 Å². The van der Waals surface area contributed by atoms with E-state index in [2.05, 4.69) is 132 Å². The molecule has 1 spiro atoms. The molecule has 0 bridgehead atoms. The van der Waals surface area contributed by atoms with Crippen LogP contribution in [0.25, 0.3) is 45.2 Å². The Balaban J connectivity index is 1.11. The third kappa shape index (κ3) is 4.28. The van der Waals surface area contributed by atoms with E-state index in [9.17, 15) is 0 Å². The molecule has 3 unspecified atom stereocenters. The molecule has 0 radical (unpaired) electrons. The molecular formula is C46H31N3O. The summed E-state index contributed by atoms with van der Waals surface area (Å²) in [6.45, 7) is 0. The van der Waals surface area contributed by atoms with Crippen LogP contribution in [0.3, 0.4) is 0 Å². The van der Waals surface area contributed by atoms with Gasteiger partial charge < -0.3 is 4.74 Å². The molecule has 2 aromatic heterocycles. The van der Waals surface area contributed by atoms with Crippen LogP contribution < -0.4 is 4.74 Å². The van der Waals surface area contributed by atoms with Crippen molar-refractivity contribution in [1.29, 1.82) is 0 Å². The van der Waals surface area contributed by atoms with Crippen molar-refractivity contribution < 1.29 is 4.74 Å². The Kier molecular flexibility index (Phi) is 6.50. The zero-order valence-electron chi connectivity index (χ0n) is 27.1. The molecule has 236 valence electrons. The molecule has 0 amide bonds.